The van der Waals surface area contributed by atoms with Crippen LogP contribution >= 0.6 is 15.9 Å². The van der Waals surface area contributed by atoms with Crippen molar-refractivity contribution in [2.75, 3.05) is 18.5 Å². The van der Waals surface area contributed by atoms with Gasteiger partial charge >= 0.3 is 0 Å². The molecule has 1 N–H and O–H groups in total. The van der Waals surface area contributed by atoms with Crippen LogP contribution < -0.4 is 14.8 Å². The largest absolute Gasteiger partial charge is 0.490 e. The van der Waals surface area contributed by atoms with E-state index in [1.807, 2.05) is 72.8 Å². The second-order valence-electron chi connectivity index (χ2n) is 5.44. The molecule has 0 saturated heterocycles. The molecule has 1 amide bonds. The summed E-state index contributed by atoms with van der Waals surface area (Å²) in [5, 5.41) is 2.89. The average molecular weight is 412 g/mol. The predicted molar refractivity (Wildman–Crippen MR) is 106 cm³/mol. The van der Waals surface area contributed by atoms with Gasteiger partial charge in [-0.1, -0.05) is 42.5 Å². The molecule has 132 valence electrons. The lowest BCUT2D eigenvalue weighted by Gasteiger charge is -2.13. The van der Waals surface area contributed by atoms with E-state index in [-0.39, 0.29) is 5.91 Å². The summed E-state index contributed by atoms with van der Waals surface area (Å²) in [5.41, 5.74) is 1.18. The van der Waals surface area contributed by atoms with E-state index >= 15 is 0 Å². The molecule has 0 aliphatic heterocycles. The number of halogens is 1. The Labute approximate surface area is 160 Å². The lowest BCUT2D eigenvalue weighted by Crippen LogP contribution is -2.15. The van der Waals surface area contributed by atoms with E-state index < -0.39 is 0 Å². The Hall–Kier alpha value is -2.79. The standard InChI is InChI=1S/C21H18BrNO3/c22-18-11-5-4-10-17(18)21(24)23-19-12-6-7-13-20(19)26-15-14-25-16-8-2-1-3-9-16/h1-13H,14-15H2,(H,23,24). The number of carbonyl (C=O) groups excluding carboxylic acids is 1. The Morgan fingerprint density at radius 3 is 2.27 bits per heavy atom. The molecule has 0 bridgehead atoms. The van der Waals surface area contributed by atoms with Crippen LogP contribution in [0.4, 0.5) is 5.69 Å². The van der Waals surface area contributed by atoms with Gasteiger partial charge < -0.3 is 14.8 Å². The molecule has 0 unspecified atom stereocenters. The first-order valence-electron chi connectivity index (χ1n) is 8.19. The van der Waals surface area contributed by atoms with Crippen molar-refractivity contribution in [3.8, 4) is 11.5 Å². The number of ether oxygens (including phenoxy) is 2. The third-order valence-electron chi connectivity index (χ3n) is 3.61. The zero-order valence-electron chi connectivity index (χ0n) is 14.0. The van der Waals surface area contributed by atoms with Gasteiger partial charge in [0.2, 0.25) is 0 Å². The van der Waals surface area contributed by atoms with E-state index in [4.69, 9.17) is 9.47 Å². The summed E-state index contributed by atoms with van der Waals surface area (Å²) in [7, 11) is 0. The molecular weight excluding hydrogens is 394 g/mol. The second-order valence-corrected chi connectivity index (χ2v) is 6.29. The van der Waals surface area contributed by atoms with Gasteiger partial charge in [-0.25, -0.2) is 0 Å². The number of para-hydroxylation sites is 3. The first kappa shape index (κ1) is 18.0. The molecule has 0 fully saturated rings. The Morgan fingerprint density at radius 2 is 1.46 bits per heavy atom. The topological polar surface area (TPSA) is 47.6 Å². The number of nitrogens with one attached hydrogen (secondary N) is 1. The number of rotatable bonds is 7. The molecule has 4 nitrogen and oxygen atoms in total. The second kappa shape index (κ2) is 9.06. The van der Waals surface area contributed by atoms with Gasteiger partial charge in [0.05, 0.1) is 11.3 Å². The fourth-order valence-corrected chi connectivity index (χ4v) is 2.82. The minimum Gasteiger partial charge on any atom is -0.490 e. The zero-order valence-corrected chi connectivity index (χ0v) is 15.6. The minimum absolute atomic E-state index is 0.200. The van der Waals surface area contributed by atoms with Crippen LogP contribution in [0.15, 0.2) is 83.3 Å². The summed E-state index contributed by atoms with van der Waals surface area (Å²) in [5.74, 6) is 1.20. The molecule has 0 aliphatic carbocycles. The third-order valence-corrected chi connectivity index (χ3v) is 4.30. The Bertz CT molecular complexity index is 868. The maximum absolute atomic E-state index is 12.5. The van der Waals surface area contributed by atoms with Crippen molar-refractivity contribution >= 4 is 27.5 Å². The smallest absolute Gasteiger partial charge is 0.256 e. The van der Waals surface area contributed by atoms with Gasteiger partial charge in [-0.2, -0.15) is 0 Å². The summed E-state index contributed by atoms with van der Waals surface area (Å²) in [6.45, 7) is 0.785. The molecule has 3 aromatic carbocycles. The van der Waals surface area contributed by atoms with E-state index in [0.717, 1.165) is 10.2 Å². The fraction of sp³-hybridized carbons (Fsp3) is 0.0952. The van der Waals surface area contributed by atoms with Gasteiger partial charge in [-0.3, -0.25) is 4.79 Å². The van der Waals surface area contributed by atoms with Crippen LogP contribution in [0.25, 0.3) is 0 Å². The lowest BCUT2D eigenvalue weighted by molar-refractivity contribution is 0.102. The molecule has 0 spiro atoms. The molecule has 0 radical (unpaired) electrons. The highest BCUT2D eigenvalue weighted by Gasteiger charge is 2.12. The van der Waals surface area contributed by atoms with E-state index in [1.165, 1.54) is 0 Å². The zero-order chi connectivity index (χ0) is 18.2. The van der Waals surface area contributed by atoms with Gasteiger partial charge in [-0.15, -0.1) is 0 Å². The molecule has 0 aromatic heterocycles. The molecule has 0 atom stereocenters. The van der Waals surface area contributed by atoms with E-state index in [0.29, 0.717) is 30.2 Å². The third kappa shape index (κ3) is 4.86. The first-order valence-corrected chi connectivity index (χ1v) is 8.99. The molecule has 0 saturated carbocycles. The Morgan fingerprint density at radius 1 is 0.808 bits per heavy atom. The van der Waals surface area contributed by atoms with Crippen molar-refractivity contribution in [2.24, 2.45) is 0 Å². The van der Waals surface area contributed by atoms with Crippen molar-refractivity contribution in [3.05, 3.63) is 88.9 Å². The summed E-state index contributed by atoms with van der Waals surface area (Å²) in [6, 6.07) is 24.2. The highest BCUT2D eigenvalue weighted by molar-refractivity contribution is 9.10. The summed E-state index contributed by atoms with van der Waals surface area (Å²) < 4.78 is 12.1. The number of hydrogen-bond acceptors (Lipinski definition) is 3. The first-order chi connectivity index (χ1) is 12.7. The van der Waals surface area contributed by atoms with E-state index in [1.54, 1.807) is 6.07 Å². The molecule has 0 heterocycles. The maximum Gasteiger partial charge on any atom is 0.256 e. The molecule has 3 rings (SSSR count). The number of carbonyl (C=O) groups is 1. The lowest BCUT2D eigenvalue weighted by atomic mass is 10.2. The molecular formula is C21H18BrNO3. The molecule has 26 heavy (non-hydrogen) atoms. The summed E-state index contributed by atoms with van der Waals surface area (Å²) in [4.78, 5) is 12.5. The number of benzene rings is 3. The van der Waals surface area contributed by atoms with Crippen LogP contribution in [0.3, 0.4) is 0 Å². The Kier molecular flexibility index (Phi) is 6.28. The average Bonchev–Trinajstić information content (AvgIpc) is 2.67. The fourth-order valence-electron chi connectivity index (χ4n) is 2.36. The highest BCUT2D eigenvalue weighted by atomic mass is 79.9. The van der Waals surface area contributed by atoms with Crippen LogP contribution in [0.2, 0.25) is 0 Å². The van der Waals surface area contributed by atoms with Gasteiger partial charge in [0, 0.05) is 4.47 Å². The molecule has 0 aliphatic rings. The predicted octanol–water partition coefficient (Wildman–Crippen LogP) is 5.16. The van der Waals surface area contributed by atoms with Crippen LogP contribution in [0.1, 0.15) is 10.4 Å². The number of anilines is 1. The monoisotopic (exact) mass is 411 g/mol. The number of amides is 1. The van der Waals surface area contributed by atoms with Crippen molar-refractivity contribution < 1.29 is 14.3 Å². The van der Waals surface area contributed by atoms with Crippen molar-refractivity contribution in [1.29, 1.82) is 0 Å². The van der Waals surface area contributed by atoms with Crippen LogP contribution in [-0.2, 0) is 0 Å². The van der Waals surface area contributed by atoms with Crippen LogP contribution in [-0.4, -0.2) is 19.1 Å². The van der Waals surface area contributed by atoms with Crippen LogP contribution in [0, 0.1) is 0 Å². The minimum atomic E-state index is -0.200. The van der Waals surface area contributed by atoms with E-state index in [9.17, 15) is 4.79 Å². The van der Waals surface area contributed by atoms with Gasteiger partial charge in [0.25, 0.3) is 5.91 Å². The van der Waals surface area contributed by atoms with Gasteiger partial charge in [0.1, 0.15) is 24.7 Å². The quantitative estimate of drug-likeness (QED) is 0.546. The van der Waals surface area contributed by atoms with Crippen molar-refractivity contribution in [1.82, 2.24) is 0 Å². The highest BCUT2D eigenvalue weighted by Crippen LogP contribution is 2.25. The maximum atomic E-state index is 12.5. The summed E-state index contributed by atoms with van der Waals surface area (Å²) >= 11 is 3.39. The van der Waals surface area contributed by atoms with Crippen molar-refractivity contribution in [3.63, 3.8) is 0 Å². The Balaban J connectivity index is 1.59. The number of hydrogen-bond donors (Lipinski definition) is 1. The van der Waals surface area contributed by atoms with Crippen molar-refractivity contribution in [2.45, 2.75) is 0 Å². The van der Waals surface area contributed by atoms with Gasteiger partial charge in [-0.05, 0) is 52.3 Å². The van der Waals surface area contributed by atoms with Gasteiger partial charge in [0.15, 0.2) is 0 Å². The van der Waals surface area contributed by atoms with E-state index in [2.05, 4.69) is 21.2 Å². The molecule has 3 aromatic rings. The summed E-state index contributed by atoms with van der Waals surface area (Å²) in [6.07, 6.45) is 0. The molecule has 5 heteroatoms. The normalized spacial score (nSPS) is 10.2. The SMILES string of the molecule is O=C(Nc1ccccc1OCCOc1ccccc1)c1ccccc1Br. The van der Waals surface area contributed by atoms with Crippen LogP contribution in [0.5, 0.6) is 11.5 Å².